The van der Waals surface area contributed by atoms with E-state index in [0.717, 1.165) is 59.4 Å². The highest BCUT2D eigenvalue weighted by Gasteiger charge is 2.19. The van der Waals surface area contributed by atoms with Crippen LogP contribution in [-0.4, -0.2) is 41.3 Å². The lowest BCUT2D eigenvalue weighted by Crippen LogP contribution is -2.46. The highest BCUT2D eigenvalue weighted by molar-refractivity contribution is 6.30. The first-order valence-corrected chi connectivity index (χ1v) is 10.7. The Morgan fingerprint density at radius 2 is 1.68 bits per heavy atom. The van der Waals surface area contributed by atoms with E-state index in [9.17, 15) is 0 Å². The number of rotatable bonds is 4. The van der Waals surface area contributed by atoms with Crippen molar-refractivity contribution in [1.82, 2.24) is 15.1 Å². The molecule has 1 aliphatic rings. The minimum atomic E-state index is 0.473. The molecule has 0 aliphatic carbocycles. The number of hydrogen-bond donors (Lipinski definition) is 0. The fourth-order valence-corrected chi connectivity index (χ4v) is 3.99. The van der Waals surface area contributed by atoms with Crippen LogP contribution in [0.2, 0.25) is 5.02 Å². The van der Waals surface area contributed by atoms with Gasteiger partial charge in [0.1, 0.15) is 5.82 Å². The van der Waals surface area contributed by atoms with Crippen LogP contribution >= 0.6 is 11.6 Å². The molecule has 3 heterocycles. The smallest absolute Gasteiger partial charge is 0.259 e. The van der Waals surface area contributed by atoms with Gasteiger partial charge in [0.05, 0.1) is 5.56 Å². The SMILES string of the molecule is Cc1cccc(-c2noc(-c3ccc(N4CCN(c5cccc(Cl)c5)CC4)nc3)n2)c1. The van der Waals surface area contributed by atoms with Crippen molar-refractivity contribution in [2.45, 2.75) is 6.92 Å². The maximum absolute atomic E-state index is 6.13. The summed E-state index contributed by atoms with van der Waals surface area (Å²) in [6.45, 7) is 5.69. The molecule has 2 aromatic carbocycles. The molecule has 2 aromatic heterocycles. The van der Waals surface area contributed by atoms with E-state index in [1.807, 2.05) is 61.5 Å². The van der Waals surface area contributed by atoms with E-state index < -0.39 is 0 Å². The standard InChI is InChI=1S/C24H22ClN5O/c1-17-4-2-5-18(14-17)23-27-24(31-28-23)19-8-9-22(26-16-19)30-12-10-29(11-13-30)21-7-3-6-20(25)15-21/h2-9,14-16H,10-13H2,1H3. The number of aryl methyl sites for hydroxylation is 1. The lowest BCUT2D eigenvalue weighted by atomic mass is 10.1. The zero-order chi connectivity index (χ0) is 21.2. The zero-order valence-corrected chi connectivity index (χ0v) is 18.0. The highest BCUT2D eigenvalue weighted by atomic mass is 35.5. The lowest BCUT2D eigenvalue weighted by molar-refractivity contribution is 0.432. The Bertz CT molecular complexity index is 1180. The molecule has 156 valence electrons. The zero-order valence-electron chi connectivity index (χ0n) is 17.2. The van der Waals surface area contributed by atoms with Crippen LogP contribution in [0.1, 0.15) is 5.56 Å². The van der Waals surface area contributed by atoms with Gasteiger partial charge in [-0.1, -0.05) is 46.6 Å². The molecule has 0 spiro atoms. The van der Waals surface area contributed by atoms with Crippen LogP contribution in [0.4, 0.5) is 11.5 Å². The number of aromatic nitrogens is 3. The van der Waals surface area contributed by atoms with Crippen molar-refractivity contribution in [2.75, 3.05) is 36.0 Å². The second kappa shape index (κ2) is 8.40. The molecular formula is C24H22ClN5O. The molecule has 0 bridgehead atoms. The molecule has 0 saturated carbocycles. The highest BCUT2D eigenvalue weighted by Crippen LogP contribution is 2.25. The van der Waals surface area contributed by atoms with E-state index in [0.29, 0.717) is 11.7 Å². The normalized spacial score (nSPS) is 14.1. The van der Waals surface area contributed by atoms with Crippen molar-refractivity contribution in [1.29, 1.82) is 0 Å². The van der Waals surface area contributed by atoms with Crippen molar-refractivity contribution in [3.05, 3.63) is 77.4 Å². The van der Waals surface area contributed by atoms with Crippen molar-refractivity contribution < 1.29 is 4.52 Å². The van der Waals surface area contributed by atoms with E-state index in [1.165, 1.54) is 0 Å². The van der Waals surface area contributed by atoms with Crippen molar-refractivity contribution >= 4 is 23.1 Å². The lowest BCUT2D eigenvalue weighted by Gasteiger charge is -2.36. The summed E-state index contributed by atoms with van der Waals surface area (Å²) in [6.07, 6.45) is 1.80. The molecule has 4 aromatic rings. The summed E-state index contributed by atoms with van der Waals surface area (Å²) in [7, 11) is 0. The van der Waals surface area contributed by atoms with Crippen LogP contribution in [0.25, 0.3) is 22.8 Å². The van der Waals surface area contributed by atoms with Gasteiger partial charge in [0, 0.05) is 48.6 Å². The first-order valence-electron chi connectivity index (χ1n) is 10.3. The third-order valence-corrected chi connectivity index (χ3v) is 5.71. The van der Waals surface area contributed by atoms with Crippen LogP contribution in [0, 0.1) is 6.92 Å². The average Bonchev–Trinajstić information content (AvgIpc) is 3.30. The Morgan fingerprint density at radius 3 is 2.42 bits per heavy atom. The van der Waals surface area contributed by atoms with E-state index in [1.54, 1.807) is 6.20 Å². The average molecular weight is 432 g/mol. The number of hydrogen-bond acceptors (Lipinski definition) is 6. The number of pyridine rings is 1. The number of benzene rings is 2. The van der Waals surface area contributed by atoms with Crippen LogP contribution in [0.3, 0.4) is 0 Å². The summed E-state index contributed by atoms with van der Waals surface area (Å²) < 4.78 is 5.47. The fraction of sp³-hybridized carbons (Fsp3) is 0.208. The first-order chi connectivity index (χ1) is 15.2. The number of nitrogens with zero attached hydrogens (tertiary/aromatic N) is 5. The summed E-state index contributed by atoms with van der Waals surface area (Å²) in [5, 5.41) is 4.89. The summed E-state index contributed by atoms with van der Waals surface area (Å²) in [6, 6.07) is 20.1. The van der Waals surface area contributed by atoms with Crippen molar-refractivity contribution in [2.24, 2.45) is 0 Å². The monoisotopic (exact) mass is 431 g/mol. The van der Waals surface area contributed by atoms with Crippen molar-refractivity contribution in [3.63, 3.8) is 0 Å². The van der Waals surface area contributed by atoms with Gasteiger partial charge in [-0.05, 0) is 43.3 Å². The largest absolute Gasteiger partial charge is 0.368 e. The van der Waals surface area contributed by atoms with Gasteiger partial charge in [-0.25, -0.2) is 4.98 Å². The topological polar surface area (TPSA) is 58.3 Å². The molecule has 5 rings (SSSR count). The van der Waals surface area contributed by atoms with Gasteiger partial charge >= 0.3 is 0 Å². The third kappa shape index (κ3) is 4.25. The van der Waals surface area contributed by atoms with Crippen LogP contribution in [-0.2, 0) is 0 Å². The number of anilines is 2. The number of halogens is 1. The van der Waals surface area contributed by atoms with Crippen LogP contribution in [0.5, 0.6) is 0 Å². The van der Waals surface area contributed by atoms with Gasteiger partial charge in [-0.2, -0.15) is 4.98 Å². The van der Waals surface area contributed by atoms with Crippen LogP contribution in [0.15, 0.2) is 71.4 Å². The molecule has 0 amide bonds. The van der Waals surface area contributed by atoms with Gasteiger partial charge in [-0.3, -0.25) is 0 Å². The maximum atomic E-state index is 6.13. The Morgan fingerprint density at radius 1 is 0.871 bits per heavy atom. The third-order valence-electron chi connectivity index (χ3n) is 5.47. The van der Waals surface area contributed by atoms with Gasteiger partial charge in [0.25, 0.3) is 5.89 Å². The van der Waals surface area contributed by atoms with E-state index in [-0.39, 0.29) is 0 Å². The molecule has 0 atom stereocenters. The van der Waals surface area contributed by atoms with Gasteiger partial charge in [0.15, 0.2) is 0 Å². The van der Waals surface area contributed by atoms with Crippen molar-refractivity contribution in [3.8, 4) is 22.8 Å². The number of piperazine rings is 1. The summed E-state index contributed by atoms with van der Waals surface area (Å²) >= 11 is 6.13. The predicted octanol–water partition coefficient (Wildman–Crippen LogP) is 5.09. The van der Waals surface area contributed by atoms with E-state index >= 15 is 0 Å². The van der Waals surface area contributed by atoms with Gasteiger partial charge in [0.2, 0.25) is 5.82 Å². The summed E-state index contributed by atoms with van der Waals surface area (Å²) in [4.78, 5) is 13.8. The second-order valence-corrected chi connectivity index (χ2v) is 8.09. The molecule has 31 heavy (non-hydrogen) atoms. The van der Waals surface area contributed by atoms with E-state index in [2.05, 4.69) is 31.0 Å². The van der Waals surface area contributed by atoms with Crippen LogP contribution < -0.4 is 9.80 Å². The molecular weight excluding hydrogens is 410 g/mol. The minimum Gasteiger partial charge on any atom is -0.368 e. The Balaban J connectivity index is 1.26. The van der Waals surface area contributed by atoms with Gasteiger partial charge < -0.3 is 14.3 Å². The summed E-state index contributed by atoms with van der Waals surface area (Å²) in [5.41, 5.74) is 4.08. The molecule has 0 radical (unpaired) electrons. The Labute approximate surface area is 186 Å². The molecule has 1 fully saturated rings. The van der Waals surface area contributed by atoms with E-state index in [4.69, 9.17) is 16.1 Å². The molecule has 6 nitrogen and oxygen atoms in total. The molecule has 0 unspecified atom stereocenters. The Kier molecular flexibility index (Phi) is 5.30. The fourth-order valence-electron chi connectivity index (χ4n) is 3.81. The molecule has 7 heteroatoms. The predicted molar refractivity (Wildman–Crippen MR) is 124 cm³/mol. The quantitative estimate of drug-likeness (QED) is 0.448. The second-order valence-electron chi connectivity index (χ2n) is 7.65. The Hall–Kier alpha value is -3.38. The molecule has 1 saturated heterocycles. The molecule has 0 N–H and O–H groups in total. The molecule has 1 aliphatic heterocycles. The first kappa shape index (κ1) is 19.6. The summed E-state index contributed by atoms with van der Waals surface area (Å²) in [5.74, 6) is 2.01. The van der Waals surface area contributed by atoms with Gasteiger partial charge in [-0.15, -0.1) is 0 Å². The maximum Gasteiger partial charge on any atom is 0.259 e. The minimum absolute atomic E-state index is 0.473.